The van der Waals surface area contributed by atoms with Crippen LogP contribution in [-0.4, -0.2) is 23.6 Å². The lowest BCUT2D eigenvalue weighted by Crippen LogP contribution is -2.39. The Morgan fingerprint density at radius 1 is 1.58 bits per heavy atom. The molecule has 1 aliphatic rings. The van der Waals surface area contributed by atoms with Crippen LogP contribution < -0.4 is 0 Å². The molecular weight excluding hydrogens is 150 g/mol. The molecule has 0 aromatic heterocycles. The molecule has 1 saturated heterocycles. The lowest BCUT2D eigenvalue weighted by molar-refractivity contribution is 0.292. The summed E-state index contributed by atoms with van der Waals surface area (Å²) in [6, 6.07) is 0. The van der Waals surface area contributed by atoms with E-state index in [1.807, 2.05) is 0 Å². The quantitative estimate of drug-likeness (QED) is 0.479. The van der Waals surface area contributed by atoms with Crippen molar-refractivity contribution in [3.8, 4) is 0 Å². The number of nitrogens with one attached hydrogen (secondary N) is 2. The van der Waals surface area contributed by atoms with E-state index >= 15 is 0 Å². The summed E-state index contributed by atoms with van der Waals surface area (Å²) in [4.78, 5) is 1.74. The molecule has 0 aromatic carbocycles. The number of amidine groups is 1. The van der Waals surface area contributed by atoms with E-state index in [9.17, 15) is 0 Å². The van der Waals surface area contributed by atoms with Crippen LogP contribution in [0.1, 0.15) is 26.7 Å². The average molecular weight is 167 g/mol. The van der Waals surface area contributed by atoms with Gasteiger partial charge >= 0.3 is 0 Å². The van der Waals surface area contributed by atoms with Gasteiger partial charge in [-0.15, -0.1) is 0 Å². The molecule has 68 valence electrons. The summed E-state index contributed by atoms with van der Waals surface area (Å²) in [6.45, 7) is 5.28. The highest BCUT2D eigenvalue weighted by molar-refractivity contribution is 5.89. The van der Waals surface area contributed by atoms with Crippen LogP contribution in [0.3, 0.4) is 0 Å². The van der Waals surface area contributed by atoms with Crippen molar-refractivity contribution in [3.63, 3.8) is 0 Å². The van der Waals surface area contributed by atoms with Crippen molar-refractivity contribution in [1.82, 2.24) is 4.90 Å². The Labute approximate surface area is 73.8 Å². The molecule has 0 bridgehead atoms. The van der Waals surface area contributed by atoms with Gasteiger partial charge in [0, 0.05) is 13.0 Å². The molecule has 1 heterocycles. The van der Waals surface area contributed by atoms with Crippen molar-refractivity contribution in [2.75, 3.05) is 6.54 Å². The maximum Gasteiger partial charge on any atom is 0.101 e. The molecular formula is C9H17N3. The summed E-state index contributed by atoms with van der Waals surface area (Å²) in [5.74, 6) is 1.92. The van der Waals surface area contributed by atoms with E-state index in [2.05, 4.69) is 13.8 Å². The highest BCUT2D eigenvalue weighted by atomic mass is 15.2. The minimum absolute atomic E-state index is 0.599. The summed E-state index contributed by atoms with van der Waals surface area (Å²) in [5.41, 5.74) is 0. The van der Waals surface area contributed by atoms with Gasteiger partial charge in [0.15, 0.2) is 0 Å². The Hall–Kier alpha value is -0.860. The fraction of sp³-hybridized carbons (Fsp3) is 0.778. The third kappa shape index (κ3) is 1.84. The van der Waals surface area contributed by atoms with Gasteiger partial charge in [-0.2, -0.15) is 0 Å². The Morgan fingerprint density at radius 2 is 2.25 bits per heavy atom. The lowest BCUT2D eigenvalue weighted by Gasteiger charge is -2.33. The normalized spacial score (nSPS) is 24.8. The molecule has 3 nitrogen and oxygen atoms in total. The van der Waals surface area contributed by atoms with Crippen LogP contribution in [-0.2, 0) is 0 Å². The Bertz CT molecular complexity index is 186. The van der Waals surface area contributed by atoms with Gasteiger partial charge in [0.25, 0.3) is 0 Å². The minimum atomic E-state index is 0.599. The molecule has 0 radical (unpaired) electrons. The van der Waals surface area contributed by atoms with Crippen molar-refractivity contribution in [2.45, 2.75) is 26.7 Å². The third-order valence-corrected chi connectivity index (χ3v) is 2.63. The van der Waals surface area contributed by atoms with E-state index in [1.54, 1.807) is 4.90 Å². The Balaban J connectivity index is 2.55. The average Bonchev–Trinajstić information content (AvgIpc) is 2.05. The zero-order valence-electron chi connectivity index (χ0n) is 7.80. The van der Waals surface area contributed by atoms with E-state index in [0.717, 1.165) is 19.4 Å². The molecule has 0 amide bonds. The molecule has 0 saturated carbocycles. The molecule has 2 N–H and O–H groups in total. The number of rotatable bonds is 2. The van der Waals surface area contributed by atoms with Crippen LogP contribution in [0, 0.1) is 22.7 Å². The van der Waals surface area contributed by atoms with Crippen molar-refractivity contribution >= 4 is 12.2 Å². The standard InChI is InChI=1S/C9H17N3/c1-7(2)8-3-4-9(11)12(5-8)6-10/h6-8,10-11H,3-5H2,1-2H3. The molecule has 0 spiro atoms. The van der Waals surface area contributed by atoms with Gasteiger partial charge in [-0.1, -0.05) is 13.8 Å². The van der Waals surface area contributed by atoms with Crippen LogP contribution in [0.25, 0.3) is 0 Å². The van der Waals surface area contributed by atoms with Crippen molar-refractivity contribution in [1.29, 1.82) is 10.8 Å². The molecule has 1 aliphatic heterocycles. The second kappa shape index (κ2) is 3.70. The molecule has 1 unspecified atom stereocenters. The first-order chi connectivity index (χ1) is 5.65. The van der Waals surface area contributed by atoms with E-state index in [0.29, 0.717) is 17.7 Å². The zero-order chi connectivity index (χ0) is 9.14. The van der Waals surface area contributed by atoms with Gasteiger partial charge in [0.2, 0.25) is 0 Å². The van der Waals surface area contributed by atoms with Crippen molar-refractivity contribution < 1.29 is 0 Å². The highest BCUT2D eigenvalue weighted by Gasteiger charge is 2.23. The summed E-state index contributed by atoms with van der Waals surface area (Å²) in [5, 5.41) is 14.7. The minimum Gasteiger partial charge on any atom is -0.321 e. The van der Waals surface area contributed by atoms with Crippen LogP contribution in [0.15, 0.2) is 0 Å². The lowest BCUT2D eigenvalue weighted by atomic mass is 9.88. The number of hydrogen-bond donors (Lipinski definition) is 2. The Kier molecular flexibility index (Phi) is 2.84. The molecule has 0 aliphatic carbocycles. The van der Waals surface area contributed by atoms with Gasteiger partial charge in [0.05, 0.1) is 6.34 Å². The van der Waals surface area contributed by atoms with E-state index < -0.39 is 0 Å². The fourth-order valence-electron chi connectivity index (χ4n) is 1.59. The summed E-state index contributed by atoms with van der Waals surface area (Å²) < 4.78 is 0. The zero-order valence-corrected chi connectivity index (χ0v) is 7.80. The first-order valence-electron chi connectivity index (χ1n) is 4.49. The van der Waals surface area contributed by atoms with E-state index in [-0.39, 0.29) is 0 Å². The second-order valence-corrected chi connectivity index (χ2v) is 3.77. The SMILES string of the molecule is CC(C)C1CCC(=N)N(C=N)C1. The monoisotopic (exact) mass is 167 g/mol. The van der Waals surface area contributed by atoms with Gasteiger partial charge in [-0.25, -0.2) is 0 Å². The van der Waals surface area contributed by atoms with Gasteiger partial charge < -0.3 is 4.90 Å². The van der Waals surface area contributed by atoms with E-state index in [1.165, 1.54) is 6.34 Å². The molecule has 1 atom stereocenters. The number of nitrogens with zero attached hydrogens (tertiary/aromatic N) is 1. The maximum absolute atomic E-state index is 7.55. The van der Waals surface area contributed by atoms with Crippen LogP contribution in [0.5, 0.6) is 0 Å². The van der Waals surface area contributed by atoms with Gasteiger partial charge in [0.1, 0.15) is 5.84 Å². The predicted octanol–water partition coefficient (Wildman–Crippen LogP) is 1.94. The molecule has 0 aromatic rings. The fourth-order valence-corrected chi connectivity index (χ4v) is 1.59. The predicted molar refractivity (Wildman–Crippen MR) is 50.8 cm³/mol. The molecule has 1 rings (SSSR count). The first kappa shape index (κ1) is 9.23. The highest BCUT2D eigenvalue weighted by Crippen LogP contribution is 2.23. The van der Waals surface area contributed by atoms with Crippen molar-refractivity contribution in [2.24, 2.45) is 11.8 Å². The largest absolute Gasteiger partial charge is 0.321 e. The first-order valence-corrected chi connectivity index (χ1v) is 4.49. The van der Waals surface area contributed by atoms with Crippen LogP contribution in [0.4, 0.5) is 0 Å². The molecule has 1 fully saturated rings. The number of hydrogen-bond acceptors (Lipinski definition) is 2. The number of piperidine rings is 1. The summed E-state index contributed by atoms with van der Waals surface area (Å²) in [7, 11) is 0. The smallest absolute Gasteiger partial charge is 0.101 e. The maximum atomic E-state index is 7.55. The summed E-state index contributed by atoms with van der Waals surface area (Å²) in [6.07, 6.45) is 3.22. The molecule has 3 heteroatoms. The van der Waals surface area contributed by atoms with Gasteiger partial charge in [-0.3, -0.25) is 10.8 Å². The topological polar surface area (TPSA) is 50.9 Å². The third-order valence-electron chi connectivity index (χ3n) is 2.63. The summed E-state index contributed by atoms with van der Waals surface area (Å²) >= 11 is 0. The Morgan fingerprint density at radius 3 is 2.75 bits per heavy atom. The van der Waals surface area contributed by atoms with Crippen molar-refractivity contribution in [3.05, 3.63) is 0 Å². The molecule has 12 heavy (non-hydrogen) atoms. The van der Waals surface area contributed by atoms with Crippen LogP contribution >= 0.6 is 0 Å². The van der Waals surface area contributed by atoms with Crippen LogP contribution in [0.2, 0.25) is 0 Å². The van der Waals surface area contributed by atoms with Gasteiger partial charge in [-0.05, 0) is 18.3 Å². The number of likely N-dealkylation sites (tertiary alicyclic amines) is 1. The van der Waals surface area contributed by atoms with E-state index in [4.69, 9.17) is 10.8 Å². The second-order valence-electron chi connectivity index (χ2n) is 3.77.